The lowest BCUT2D eigenvalue weighted by molar-refractivity contribution is 0.136. The first-order valence-electron chi connectivity index (χ1n) is 10.2. The summed E-state index contributed by atoms with van der Waals surface area (Å²) in [4.78, 5) is 9.53. The Labute approximate surface area is 173 Å². The fraction of sp³-hybridized carbons (Fsp3) is 0.947. The van der Waals surface area contributed by atoms with E-state index in [-0.39, 0.29) is 24.0 Å². The van der Waals surface area contributed by atoms with Gasteiger partial charge in [0.2, 0.25) is 0 Å². The topological polar surface area (TPSA) is 56.9 Å². The zero-order valence-corrected chi connectivity index (χ0v) is 19.0. The van der Waals surface area contributed by atoms with Gasteiger partial charge < -0.3 is 20.9 Å². The molecule has 1 heterocycles. The minimum atomic E-state index is 0. The molecular weight excluding hydrogens is 425 g/mol. The second-order valence-electron chi connectivity index (χ2n) is 6.94. The predicted octanol–water partition coefficient (Wildman–Crippen LogP) is 3.29. The van der Waals surface area contributed by atoms with Crippen LogP contribution in [0.15, 0.2) is 4.99 Å². The number of hydrogen-bond donors (Lipinski definition) is 2. The maximum absolute atomic E-state index is 5.91. The molecular formula is C19H42IN5. The van der Waals surface area contributed by atoms with E-state index >= 15 is 0 Å². The van der Waals surface area contributed by atoms with Gasteiger partial charge in [0.1, 0.15) is 0 Å². The highest BCUT2D eigenvalue weighted by molar-refractivity contribution is 14.0. The summed E-state index contributed by atoms with van der Waals surface area (Å²) in [5.41, 5.74) is 5.91. The van der Waals surface area contributed by atoms with Crippen LogP contribution in [0.4, 0.5) is 0 Å². The standard InChI is InChI=1S/C19H41N5.HI/c1-3-5-6-7-8-9-12-21-19(20)22-13-10-11-14-24-17-15-23(4-2)16-18-24;/h3-18H2,1-2H3,(H3,20,21,22);1H. The molecule has 0 atom stereocenters. The quantitative estimate of drug-likeness (QED) is 0.189. The van der Waals surface area contributed by atoms with E-state index in [2.05, 4.69) is 34.0 Å². The number of nitrogens with one attached hydrogen (secondary N) is 1. The molecule has 1 saturated heterocycles. The zero-order chi connectivity index (χ0) is 17.5. The molecule has 0 aromatic carbocycles. The van der Waals surface area contributed by atoms with Crippen LogP contribution in [-0.4, -0.2) is 68.1 Å². The molecule has 1 fully saturated rings. The Hall–Kier alpha value is -0.0800. The van der Waals surface area contributed by atoms with Crippen LogP contribution in [0.2, 0.25) is 0 Å². The third kappa shape index (κ3) is 13.7. The first-order valence-corrected chi connectivity index (χ1v) is 10.2. The molecule has 6 heteroatoms. The monoisotopic (exact) mass is 467 g/mol. The van der Waals surface area contributed by atoms with E-state index in [0.717, 1.165) is 19.5 Å². The highest BCUT2D eigenvalue weighted by Gasteiger charge is 2.14. The Balaban J connectivity index is 0.00000576. The number of nitrogens with two attached hydrogens (primary N) is 1. The fourth-order valence-electron chi connectivity index (χ4n) is 3.15. The third-order valence-electron chi connectivity index (χ3n) is 4.91. The Morgan fingerprint density at radius 2 is 1.52 bits per heavy atom. The Kier molecular flexibility index (Phi) is 17.3. The Bertz CT molecular complexity index is 317. The molecule has 0 amide bonds. The molecule has 0 saturated carbocycles. The SMILES string of the molecule is CCCCCCCCN=C(N)NCCCCN1CCN(CC)CC1.I. The van der Waals surface area contributed by atoms with E-state index in [0.29, 0.717) is 5.96 Å². The fourth-order valence-corrected chi connectivity index (χ4v) is 3.15. The van der Waals surface area contributed by atoms with Crippen molar-refractivity contribution in [2.24, 2.45) is 10.7 Å². The molecule has 0 unspecified atom stereocenters. The number of halogens is 1. The van der Waals surface area contributed by atoms with E-state index in [9.17, 15) is 0 Å². The molecule has 3 N–H and O–H groups in total. The van der Waals surface area contributed by atoms with Crippen molar-refractivity contribution in [1.29, 1.82) is 0 Å². The highest BCUT2D eigenvalue weighted by Crippen LogP contribution is 2.05. The number of nitrogens with zero attached hydrogens (tertiary/aromatic N) is 3. The first kappa shape index (κ1) is 24.9. The van der Waals surface area contributed by atoms with Gasteiger partial charge in [-0.05, 0) is 32.4 Å². The summed E-state index contributed by atoms with van der Waals surface area (Å²) in [6.45, 7) is 13.6. The van der Waals surface area contributed by atoms with Gasteiger partial charge in [-0.15, -0.1) is 24.0 Å². The van der Waals surface area contributed by atoms with Crippen LogP contribution in [0, 0.1) is 0 Å². The first-order chi connectivity index (χ1) is 11.8. The van der Waals surface area contributed by atoms with Gasteiger partial charge in [0, 0.05) is 39.3 Å². The summed E-state index contributed by atoms with van der Waals surface area (Å²) in [5, 5.41) is 3.25. The third-order valence-corrected chi connectivity index (χ3v) is 4.91. The molecule has 1 aliphatic rings. The summed E-state index contributed by atoms with van der Waals surface area (Å²) < 4.78 is 0. The lowest BCUT2D eigenvalue weighted by Gasteiger charge is -2.33. The van der Waals surface area contributed by atoms with E-state index in [1.54, 1.807) is 0 Å². The summed E-state index contributed by atoms with van der Waals surface area (Å²) in [6.07, 6.45) is 10.2. The number of guanidine groups is 1. The highest BCUT2D eigenvalue weighted by atomic mass is 127. The number of aliphatic imine (C=N–C) groups is 1. The van der Waals surface area contributed by atoms with E-state index < -0.39 is 0 Å². The average Bonchev–Trinajstić information content (AvgIpc) is 2.61. The van der Waals surface area contributed by atoms with Gasteiger partial charge >= 0.3 is 0 Å². The number of hydrogen-bond acceptors (Lipinski definition) is 3. The minimum Gasteiger partial charge on any atom is -0.370 e. The summed E-state index contributed by atoms with van der Waals surface area (Å²) in [7, 11) is 0. The molecule has 0 radical (unpaired) electrons. The second kappa shape index (κ2) is 17.3. The molecule has 5 nitrogen and oxygen atoms in total. The van der Waals surface area contributed by atoms with Crippen molar-refractivity contribution in [3.8, 4) is 0 Å². The molecule has 1 aliphatic heterocycles. The van der Waals surface area contributed by atoms with E-state index in [1.165, 1.54) is 84.2 Å². The van der Waals surface area contributed by atoms with Crippen LogP contribution < -0.4 is 11.1 Å². The molecule has 1 rings (SSSR count). The number of piperazine rings is 1. The van der Waals surface area contributed by atoms with Crippen molar-refractivity contribution in [2.75, 3.05) is 52.4 Å². The van der Waals surface area contributed by atoms with Crippen LogP contribution in [-0.2, 0) is 0 Å². The number of rotatable bonds is 13. The van der Waals surface area contributed by atoms with Crippen LogP contribution in [0.1, 0.15) is 65.2 Å². The maximum atomic E-state index is 5.91. The summed E-state index contributed by atoms with van der Waals surface area (Å²) in [6, 6.07) is 0. The summed E-state index contributed by atoms with van der Waals surface area (Å²) in [5.74, 6) is 0.625. The summed E-state index contributed by atoms with van der Waals surface area (Å²) >= 11 is 0. The lowest BCUT2D eigenvalue weighted by atomic mass is 10.1. The van der Waals surface area contributed by atoms with E-state index in [4.69, 9.17) is 5.73 Å². The largest absolute Gasteiger partial charge is 0.370 e. The molecule has 150 valence electrons. The van der Waals surface area contributed by atoms with Gasteiger partial charge in [-0.1, -0.05) is 46.0 Å². The van der Waals surface area contributed by atoms with Crippen molar-refractivity contribution < 1.29 is 0 Å². The van der Waals surface area contributed by atoms with Gasteiger partial charge in [-0.2, -0.15) is 0 Å². The molecule has 0 aromatic rings. The van der Waals surface area contributed by atoms with Crippen molar-refractivity contribution >= 4 is 29.9 Å². The van der Waals surface area contributed by atoms with Gasteiger partial charge in [-0.25, -0.2) is 0 Å². The second-order valence-corrected chi connectivity index (χ2v) is 6.94. The normalized spacial score (nSPS) is 16.6. The lowest BCUT2D eigenvalue weighted by Crippen LogP contribution is -2.46. The minimum absolute atomic E-state index is 0. The molecule has 25 heavy (non-hydrogen) atoms. The molecule has 0 aliphatic carbocycles. The van der Waals surface area contributed by atoms with Gasteiger partial charge in [0.25, 0.3) is 0 Å². The molecule has 0 spiro atoms. The van der Waals surface area contributed by atoms with Crippen LogP contribution >= 0.6 is 24.0 Å². The van der Waals surface area contributed by atoms with E-state index in [1.807, 2.05) is 0 Å². The number of unbranched alkanes of at least 4 members (excludes halogenated alkanes) is 6. The van der Waals surface area contributed by atoms with Gasteiger partial charge in [-0.3, -0.25) is 4.99 Å². The van der Waals surface area contributed by atoms with Crippen molar-refractivity contribution in [3.05, 3.63) is 0 Å². The smallest absolute Gasteiger partial charge is 0.188 e. The zero-order valence-electron chi connectivity index (χ0n) is 16.6. The Morgan fingerprint density at radius 1 is 0.880 bits per heavy atom. The van der Waals surface area contributed by atoms with Crippen molar-refractivity contribution in [3.63, 3.8) is 0 Å². The number of likely N-dealkylation sites (N-methyl/N-ethyl adjacent to an activating group) is 1. The molecule has 0 bridgehead atoms. The maximum Gasteiger partial charge on any atom is 0.188 e. The van der Waals surface area contributed by atoms with Crippen LogP contribution in [0.3, 0.4) is 0 Å². The van der Waals surface area contributed by atoms with Crippen LogP contribution in [0.5, 0.6) is 0 Å². The van der Waals surface area contributed by atoms with Gasteiger partial charge in [0.05, 0.1) is 0 Å². The Morgan fingerprint density at radius 3 is 2.20 bits per heavy atom. The predicted molar refractivity (Wildman–Crippen MR) is 121 cm³/mol. The van der Waals surface area contributed by atoms with Gasteiger partial charge in [0.15, 0.2) is 5.96 Å². The van der Waals surface area contributed by atoms with Crippen molar-refractivity contribution in [1.82, 2.24) is 15.1 Å². The van der Waals surface area contributed by atoms with Crippen molar-refractivity contribution in [2.45, 2.75) is 65.2 Å². The average molecular weight is 467 g/mol. The molecule has 0 aromatic heterocycles. The van der Waals surface area contributed by atoms with Crippen LogP contribution in [0.25, 0.3) is 0 Å².